The molecule has 4 nitrogen and oxygen atoms in total. The Morgan fingerprint density at radius 3 is 2.32 bits per heavy atom. The number of amides is 2. The predicted octanol–water partition coefficient (Wildman–Crippen LogP) is 3.72. The fourth-order valence-corrected chi connectivity index (χ4v) is 2.20. The summed E-state index contributed by atoms with van der Waals surface area (Å²) < 4.78 is 0. The number of benzene rings is 1. The highest BCUT2D eigenvalue weighted by Gasteiger charge is 2.14. The molecule has 2 N–H and O–H groups in total. The Balaban J connectivity index is 2.61. The molecule has 0 heterocycles. The molecular formula is C18H28N2O2. The summed E-state index contributed by atoms with van der Waals surface area (Å²) in [5.74, 6) is 0.200. The molecule has 0 aromatic heterocycles. The molecule has 2 amide bonds. The normalized spacial score (nSPS) is 12.0. The van der Waals surface area contributed by atoms with E-state index in [1.54, 1.807) is 0 Å². The molecule has 0 saturated carbocycles. The van der Waals surface area contributed by atoms with E-state index < -0.39 is 0 Å². The highest BCUT2D eigenvalue weighted by Crippen LogP contribution is 2.14. The third-order valence-electron chi connectivity index (χ3n) is 4.08. The Labute approximate surface area is 133 Å². The van der Waals surface area contributed by atoms with Crippen LogP contribution in [0.4, 0.5) is 5.69 Å². The van der Waals surface area contributed by atoms with Gasteiger partial charge in [-0.25, -0.2) is 0 Å². The summed E-state index contributed by atoms with van der Waals surface area (Å²) in [6.07, 6.45) is 2.53. The fraction of sp³-hybridized carbons (Fsp3) is 0.556. The van der Waals surface area contributed by atoms with E-state index in [1.807, 2.05) is 52.0 Å². The van der Waals surface area contributed by atoms with Gasteiger partial charge in [0.1, 0.15) is 0 Å². The Kier molecular flexibility index (Phi) is 7.64. The van der Waals surface area contributed by atoms with Crippen molar-refractivity contribution >= 4 is 17.5 Å². The van der Waals surface area contributed by atoms with Gasteiger partial charge in [0.05, 0.1) is 0 Å². The van der Waals surface area contributed by atoms with E-state index in [1.165, 1.54) is 0 Å². The molecule has 0 radical (unpaired) electrons. The molecule has 0 aliphatic heterocycles. The Hall–Kier alpha value is -1.84. The van der Waals surface area contributed by atoms with Crippen molar-refractivity contribution in [2.45, 2.75) is 53.5 Å². The third kappa shape index (κ3) is 5.51. The average Bonchev–Trinajstić information content (AvgIpc) is 2.53. The van der Waals surface area contributed by atoms with Crippen LogP contribution in [0.25, 0.3) is 0 Å². The van der Waals surface area contributed by atoms with Gasteiger partial charge in [0.15, 0.2) is 0 Å². The molecule has 22 heavy (non-hydrogen) atoms. The molecule has 4 heteroatoms. The molecule has 0 aliphatic rings. The van der Waals surface area contributed by atoms with Crippen molar-refractivity contribution in [1.82, 2.24) is 5.32 Å². The second-order valence-corrected chi connectivity index (χ2v) is 5.73. The summed E-state index contributed by atoms with van der Waals surface area (Å²) in [6, 6.07) is 7.62. The van der Waals surface area contributed by atoms with E-state index in [0.29, 0.717) is 6.54 Å². The summed E-state index contributed by atoms with van der Waals surface area (Å²) in [5.41, 5.74) is 1.76. The molecule has 0 saturated heterocycles. The topological polar surface area (TPSA) is 58.2 Å². The van der Waals surface area contributed by atoms with Gasteiger partial charge in [-0.1, -0.05) is 39.8 Å². The lowest BCUT2D eigenvalue weighted by atomic mass is 10.0. The lowest BCUT2D eigenvalue weighted by Crippen LogP contribution is -2.29. The zero-order valence-corrected chi connectivity index (χ0v) is 14.1. The predicted molar refractivity (Wildman–Crippen MR) is 90.4 cm³/mol. The van der Waals surface area contributed by atoms with Crippen molar-refractivity contribution in [2.24, 2.45) is 11.8 Å². The van der Waals surface area contributed by atoms with Crippen LogP contribution in [-0.2, 0) is 16.1 Å². The van der Waals surface area contributed by atoms with E-state index in [4.69, 9.17) is 0 Å². The Morgan fingerprint density at radius 2 is 1.73 bits per heavy atom. The van der Waals surface area contributed by atoms with Crippen LogP contribution in [0.5, 0.6) is 0 Å². The van der Waals surface area contributed by atoms with Gasteiger partial charge in [-0.2, -0.15) is 0 Å². The maximum atomic E-state index is 12.0. The minimum atomic E-state index is -0.00164. The molecule has 0 spiro atoms. The lowest BCUT2D eigenvalue weighted by molar-refractivity contribution is -0.125. The Morgan fingerprint density at radius 1 is 1.05 bits per heavy atom. The van der Waals surface area contributed by atoms with E-state index in [0.717, 1.165) is 30.5 Å². The minimum absolute atomic E-state index is 0.00164. The molecule has 122 valence electrons. The average molecular weight is 304 g/mol. The number of nitrogens with one attached hydrogen (secondary N) is 2. The Bertz CT molecular complexity index is 496. The highest BCUT2D eigenvalue weighted by molar-refractivity contribution is 5.92. The molecule has 1 unspecified atom stereocenters. The highest BCUT2D eigenvalue weighted by atomic mass is 16.2. The number of carbonyl (C=O) groups excluding carboxylic acids is 2. The van der Waals surface area contributed by atoms with Crippen LogP contribution in [0, 0.1) is 11.8 Å². The van der Waals surface area contributed by atoms with Gasteiger partial charge in [0, 0.05) is 24.1 Å². The van der Waals surface area contributed by atoms with Crippen molar-refractivity contribution < 1.29 is 9.59 Å². The molecule has 0 fully saturated rings. The lowest BCUT2D eigenvalue weighted by Gasteiger charge is -2.14. The number of carbonyl (C=O) groups is 2. The molecule has 1 aromatic rings. The summed E-state index contributed by atoms with van der Waals surface area (Å²) in [6.45, 7) is 8.45. The van der Waals surface area contributed by atoms with Crippen LogP contribution in [0.3, 0.4) is 0 Å². The zero-order valence-electron chi connectivity index (χ0n) is 14.1. The first-order chi connectivity index (χ1) is 10.5. The van der Waals surface area contributed by atoms with Gasteiger partial charge in [0.2, 0.25) is 11.8 Å². The maximum absolute atomic E-state index is 12.0. The maximum Gasteiger partial charge on any atom is 0.227 e. The SMILES string of the molecule is CCC(C)C(=O)Nc1cccc(CNC(=O)C(CC)CC)c1. The quantitative estimate of drug-likeness (QED) is 0.769. The van der Waals surface area contributed by atoms with Crippen LogP contribution >= 0.6 is 0 Å². The first kappa shape index (κ1) is 18.2. The number of hydrogen-bond acceptors (Lipinski definition) is 2. The molecule has 0 bridgehead atoms. The van der Waals surface area contributed by atoms with Gasteiger partial charge in [-0.3, -0.25) is 9.59 Å². The second-order valence-electron chi connectivity index (χ2n) is 5.73. The van der Waals surface area contributed by atoms with Gasteiger partial charge in [-0.05, 0) is 37.0 Å². The van der Waals surface area contributed by atoms with E-state index in [-0.39, 0.29) is 23.7 Å². The second kappa shape index (κ2) is 9.23. The summed E-state index contributed by atoms with van der Waals surface area (Å²) in [7, 11) is 0. The number of anilines is 1. The molecule has 1 rings (SSSR count). The smallest absolute Gasteiger partial charge is 0.227 e. The molecule has 1 atom stereocenters. The third-order valence-corrected chi connectivity index (χ3v) is 4.08. The van der Waals surface area contributed by atoms with E-state index in [9.17, 15) is 9.59 Å². The van der Waals surface area contributed by atoms with E-state index in [2.05, 4.69) is 10.6 Å². The monoisotopic (exact) mass is 304 g/mol. The summed E-state index contributed by atoms with van der Waals surface area (Å²) >= 11 is 0. The molecular weight excluding hydrogens is 276 g/mol. The standard InChI is InChI=1S/C18H28N2O2/c1-5-13(4)17(21)20-16-10-8-9-14(11-16)12-19-18(22)15(6-2)7-3/h8-11,13,15H,5-7,12H2,1-4H3,(H,19,22)(H,20,21). The summed E-state index contributed by atoms with van der Waals surface area (Å²) in [4.78, 5) is 23.9. The van der Waals surface area contributed by atoms with Crippen LogP contribution < -0.4 is 10.6 Å². The number of rotatable bonds is 8. The van der Waals surface area contributed by atoms with Crippen molar-refractivity contribution in [3.8, 4) is 0 Å². The summed E-state index contributed by atoms with van der Waals surface area (Å²) in [5, 5.41) is 5.88. The fourth-order valence-electron chi connectivity index (χ4n) is 2.20. The zero-order chi connectivity index (χ0) is 16.5. The van der Waals surface area contributed by atoms with Gasteiger partial charge in [-0.15, -0.1) is 0 Å². The minimum Gasteiger partial charge on any atom is -0.352 e. The van der Waals surface area contributed by atoms with Crippen molar-refractivity contribution in [3.05, 3.63) is 29.8 Å². The molecule has 0 aliphatic carbocycles. The first-order valence-electron chi connectivity index (χ1n) is 8.19. The van der Waals surface area contributed by atoms with Crippen molar-refractivity contribution in [3.63, 3.8) is 0 Å². The van der Waals surface area contributed by atoms with Crippen LogP contribution in [0.1, 0.15) is 52.5 Å². The largest absolute Gasteiger partial charge is 0.352 e. The van der Waals surface area contributed by atoms with E-state index >= 15 is 0 Å². The van der Waals surface area contributed by atoms with Crippen molar-refractivity contribution in [2.75, 3.05) is 5.32 Å². The van der Waals surface area contributed by atoms with Crippen LogP contribution in [-0.4, -0.2) is 11.8 Å². The van der Waals surface area contributed by atoms with Crippen LogP contribution in [0.15, 0.2) is 24.3 Å². The van der Waals surface area contributed by atoms with Gasteiger partial charge >= 0.3 is 0 Å². The van der Waals surface area contributed by atoms with Gasteiger partial charge < -0.3 is 10.6 Å². The van der Waals surface area contributed by atoms with Crippen LogP contribution in [0.2, 0.25) is 0 Å². The molecule has 1 aromatic carbocycles. The van der Waals surface area contributed by atoms with Crippen molar-refractivity contribution in [1.29, 1.82) is 0 Å². The van der Waals surface area contributed by atoms with Gasteiger partial charge in [0.25, 0.3) is 0 Å². The number of hydrogen-bond donors (Lipinski definition) is 2. The first-order valence-corrected chi connectivity index (χ1v) is 8.19.